The number of hydrogen-bond donors (Lipinski definition) is 2. The van der Waals surface area contributed by atoms with Crippen molar-refractivity contribution in [1.29, 1.82) is 0 Å². The lowest BCUT2D eigenvalue weighted by atomic mass is 10.0. The minimum atomic E-state index is -3.42. The molecule has 2 saturated heterocycles. The normalized spacial score (nSPS) is 29.4. The number of carbonyl (C=O) groups is 3. The summed E-state index contributed by atoms with van der Waals surface area (Å²) in [7, 11) is 0. The highest BCUT2D eigenvalue weighted by molar-refractivity contribution is 6.06. The topological polar surface area (TPSA) is 91.0 Å². The van der Waals surface area contributed by atoms with Gasteiger partial charge in [0.15, 0.2) is 0 Å². The number of morpholine rings is 1. The van der Waals surface area contributed by atoms with Crippen LogP contribution >= 0.6 is 0 Å². The van der Waals surface area contributed by atoms with Gasteiger partial charge >= 0.3 is 0 Å². The minimum absolute atomic E-state index is 0.0186. The molecule has 2 aromatic rings. The van der Waals surface area contributed by atoms with Crippen LogP contribution in [0.2, 0.25) is 0 Å². The molecular formula is C25H27FN4O4. The number of halogens is 1. The average Bonchev–Trinajstić information content (AvgIpc) is 3.30. The van der Waals surface area contributed by atoms with Crippen molar-refractivity contribution in [2.24, 2.45) is 0 Å². The van der Waals surface area contributed by atoms with Gasteiger partial charge in [-0.3, -0.25) is 24.6 Å². The smallest absolute Gasteiger partial charge is 0.255 e. The molecule has 3 amide bonds. The number of fused-ring (bicyclic) bond motifs is 1. The van der Waals surface area contributed by atoms with Crippen LogP contribution in [0.3, 0.4) is 0 Å². The number of nitrogens with zero attached hydrogens (tertiary/aromatic N) is 2. The molecule has 5 rings (SSSR count). The molecule has 0 bridgehead atoms. The number of carbonyl (C=O) groups excluding carboxylic acids is 3. The summed E-state index contributed by atoms with van der Waals surface area (Å²) in [4.78, 5) is 40.6. The molecule has 2 fully saturated rings. The summed E-state index contributed by atoms with van der Waals surface area (Å²) < 4.78 is 86.8. The molecule has 9 heteroatoms. The fourth-order valence-electron chi connectivity index (χ4n) is 4.11. The molecule has 0 radical (unpaired) electrons. The van der Waals surface area contributed by atoms with E-state index in [1.54, 1.807) is 5.32 Å². The standard InChI is InChI=1S/C25H27FN4O4/c26-23-16(3-1-4-17(23)14-29-9-11-34-12-10-29)13-27-20-6-2-5-18-19(20)15-30(25(18)33)21-7-8-22(31)28-24(21)32/h1-6,21,27H,7-15H2,(H,28,31,32)/i1D,3D,4D,7D2,8D2,21D. The van der Waals surface area contributed by atoms with Crippen molar-refractivity contribution in [3.8, 4) is 0 Å². The van der Waals surface area contributed by atoms with Crippen LogP contribution in [0.1, 0.15) is 50.8 Å². The first-order valence-corrected chi connectivity index (χ1v) is 10.7. The van der Waals surface area contributed by atoms with E-state index in [1.165, 1.54) is 18.2 Å². The van der Waals surface area contributed by atoms with Gasteiger partial charge in [0.25, 0.3) is 5.91 Å². The molecule has 2 aromatic carbocycles. The third-order valence-electron chi connectivity index (χ3n) is 5.87. The lowest BCUT2D eigenvalue weighted by molar-refractivity contribution is -0.136. The van der Waals surface area contributed by atoms with E-state index in [-0.39, 0.29) is 47.1 Å². The van der Waals surface area contributed by atoms with E-state index in [4.69, 9.17) is 15.7 Å². The zero-order valence-electron chi connectivity index (χ0n) is 26.1. The highest BCUT2D eigenvalue weighted by Gasteiger charge is 2.39. The van der Waals surface area contributed by atoms with E-state index < -0.39 is 60.9 Å². The van der Waals surface area contributed by atoms with Gasteiger partial charge in [-0.25, -0.2) is 4.39 Å². The Bertz CT molecular complexity index is 1500. The number of anilines is 1. The van der Waals surface area contributed by atoms with Gasteiger partial charge < -0.3 is 15.0 Å². The number of rotatable bonds is 6. The zero-order valence-corrected chi connectivity index (χ0v) is 18.1. The van der Waals surface area contributed by atoms with E-state index in [9.17, 15) is 14.4 Å². The molecule has 8 nitrogen and oxygen atoms in total. The van der Waals surface area contributed by atoms with Crippen molar-refractivity contribution in [3.05, 3.63) is 64.4 Å². The van der Waals surface area contributed by atoms with Gasteiger partial charge in [-0.2, -0.15) is 0 Å². The van der Waals surface area contributed by atoms with Crippen molar-refractivity contribution < 1.29 is 34.5 Å². The second kappa shape index (κ2) is 9.52. The molecule has 2 N–H and O–H groups in total. The summed E-state index contributed by atoms with van der Waals surface area (Å²) in [5.74, 6) is -4.80. The Hall–Kier alpha value is -3.30. The number of amides is 3. The Kier molecular flexibility index (Phi) is 4.16. The van der Waals surface area contributed by atoms with Crippen LogP contribution < -0.4 is 10.6 Å². The fourth-order valence-corrected chi connectivity index (χ4v) is 4.11. The third kappa shape index (κ3) is 4.41. The lowest BCUT2D eigenvalue weighted by Crippen LogP contribution is -2.52. The Labute approximate surface area is 208 Å². The highest BCUT2D eigenvalue weighted by atomic mass is 19.1. The maximum absolute atomic E-state index is 15.7. The monoisotopic (exact) mass is 474 g/mol. The van der Waals surface area contributed by atoms with Crippen molar-refractivity contribution in [1.82, 2.24) is 15.1 Å². The Morgan fingerprint density at radius 2 is 2.03 bits per heavy atom. The number of ether oxygens (including phenoxy) is 1. The van der Waals surface area contributed by atoms with Crippen molar-refractivity contribution in [2.75, 3.05) is 31.6 Å². The summed E-state index contributed by atoms with van der Waals surface area (Å²) in [5.41, 5.74) is 0.219. The predicted molar refractivity (Wildman–Crippen MR) is 122 cm³/mol. The molecule has 1 unspecified atom stereocenters. The number of piperidine rings is 1. The molecule has 0 saturated carbocycles. The first-order valence-electron chi connectivity index (χ1n) is 14.7. The van der Waals surface area contributed by atoms with E-state index in [0.29, 0.717) is 31.2 Å². The van der Waals surface area contributed by atoms with Gasteiger partial charge in [0, 0.05) is 72.5 Å². The molecule has 3 aliphatic heterocycles. The molecule has 0 aliphatic carbocycles. The number of hydrogen-bond acceptors (Lipinski definition) is 6. The number of imide groups is 1. The summed E-state index contributed by atoms with van der Waals surface area (Å²) in [6.45, 7) is 1.17. The van der Waals surface area contributed by atoms with Crippen molar-refractivity contribution >= 4 is 23.4 Å². The lowest BCUT2D eigenvalue weighted by Gasteiger charge is -2.29. The summed E-state index contributed by atoms with van der Waals surface area (Å²) in [6, 6.07) is -0.101. The Morgan fingerprint density at radius 1 is 1.24 bits per heavy atom. The molecule has 34 heavy (non-hydrogen) atoms. The first kappa shape index (κ1) is 14.9. The molecule has 1 atom stereocenters. The van der Waals surface area contributed by atoms with Gasteiger partial charge in [0.2, 0.25) is 11.8 Å². The maximum atomic E-state index is 15.7. The van der Waals surface area contributed by atoms with E-state index >= 15 is 4.39 Å². The summed E-state index contributed by atoms with van der Waals surface area (Å²) in [5, 5.41) is 4.59. The molecule has 3 aliphatic rings. The molecule has 3 heterocycles. The second-order valence-corrected chi connectivity index (χ2v) is 7.99. The van der Waals surface area contributed by atoms with Crippen LogP contribution in [0.25, 0.3) is 0 Å². The predicted octanol–water partition coefficient (Wildman–Crippen LogP) is 2.03. The molecule has 0 spiro atoms. The van der Waals surface area contributed by atoms with Crippen molar-refractivity contribution in [3.63, 3.8) is 0 Å². The summed E-state index contributed by atoms with van der Waals surface area (Å²) >= 11 is 0. The highest BCUT2D eigenvalue weighted by Crippen LogP contribution is 2.32. The van der Waals surface area contributed by atoms with E-state index in [2.05, 4.69) is 5.32 Å². The fraction of sp³-hybridized carbons (Fsp3) is 0.400. The zero-order chi connectivity index (χ0) is 30.8. The summed E-state index contributed by atoms with van der Waals surface area (Å²) in [6.07, 6.45) is -6.73. The van der Waals surface area contributed by atoms with E-state index in [1.807, 2.05) is 4.90 Å². The minimum Gasteiger partial charge on any atom is -0.381 e. The van der Waals surface area contributed by atoms with Gasteiger partial charge in [0.1, 0.15) is 11.8 Å². The van der Waals surface area contributed by atoms with Crippen LogP contribution in [0, 0.1) is 5.82 Å². The first-order chi connectivity index (χ1) is 19.6. The molecule has 178 valence electrons. The Balaban J connectivity index is 1.45. The quantitative estimate of drug-likeness (QED) is 0.623. The Morgan fingerprint density at radius 3 is 2.85 bits per heavy atom. The largest absolute Gasteiger partial charge is 0.381 e. The van der Waals surface area contributed by atoms with Gasteiger partial charge in [-0.15, -0.1) is 0 Å². The van der Waals surface area contributed by atoms with Crippen LogP contribution in [0.15, 0.2) is 36.3 Å². The maximum Gasteiger partial charge on any atom is 0.255 e. The van der Waals surface area contributed by atoms with Gasteiger partial charge in [0.05, 0.1) is 18.7 Å². The average molecular weight is 475 g/mol. The van der Waals surface area contributed by atoms with Gasteiger partial charge in [-0.1, -0.05) is 24.2 Å². The third-order valence-corrected chi connectivity index (χ3v) is 5.87. The molecule has 0 aromatic heterocycles. The number of benzene rings is 2. The van der Waals surface area contributed by atoms with Gasteiger partial charge in [-0.05, 0) is 18.5 Å². The van der Waals surface area contributed by atoms with Crippen LogP contribution in [0.5, 0.6) is 0 Å². The molecular weight excluding hydrogens is 439 g/mol. The van der Waals surface area contributed by atoms with Crippen LogP contribution in [-0.4, -0.2) is 59.8 Å². The van der Waals surface area contributed by atoms with Crippen LogP contribution in [0.4, 0.5) is 10.1 Å². The second-order valence-electron chi connectivity index (χ2n) is 7.99. The van der Waals surface area contributed by atoms with Crippen molar-refractivity contribution in [2.45, 2.75) is 38.4 Å². The van der Waals surface area contributed by atoms with E-state index in [0.717, 1.165) is 0 Å². The SMILES string of the molecule is [2H]c1c([2H])c(CNc2cccc3c2CN(C2([2H])C(=O)NC(=O)C([2H])([2H])C2([2H])[2H])C3=O)c(F)c(CN2CCOCC2)c1[2H]. The number of nitrogens with one attached hydrogen (secondary N) is 2. The van der Waals surface area contributed by atoms with Crippen LogP contribution in [-0.2, 0) is 34.0 Å².